The van der Waals surface area contributed by atoms with Crippen LogP contribution in [0.1, 0.15) is 41.8 Å². The largest absolute Gasteiger partial charge is 0.299 e. The number of nitrogens with one attached hydrogen (secondary N) is 1. The second kappa shape index (κ2) is 7.90. The predicted molar refractivity (Wildman–Crippen MR) is 102 cm³/mol. The number of sulfonamides is 1. The molecule has 1 N–H and O–H groups in total. The highest BCUT2D eigenvalue weighted by Gasteiger charge is 2.23. The molecule has 0 bridgehead atoms. The van der Waals surface area contributed by atoms with E-state index >= 15 is 0 Å². The summed E-state index contributed by atoms with van der Waals surface area (Å²) in [5, 5.41) is 4.22. The van der Waals surface area contributed by atoms with E-state index in [4.69, 9.17) is 0 Å². The van der Waals surface area contributed by atoms with Gasteiger partial charge in [-0.15, -0.1) is 0 Å². The molecule has 3 rings (SSSR count). The Morgan fingerprint density at radius 2 is 1.73 bits per heavy atom. The Labute approximate surface area is 156 Å². The maximum Gasteiger partial charge on any atom is 0.244 e. The van der Waals surface area contributed by atoms with E-state index in [0.29, 0.717) is 17.9 Å². The summed E-state index contributed by atoms with van der Waals surface area (Å²) in [5.74, 6) is 0. The van der Waals surface area contributed by atoms with Gasteiger partial charge in [-0.2, -0.15) is 5.10 Å². The number of likely N-dealkylation sites (tertiary alicyclic amines) is 1. The molecule has 2 aromatic rings. The molecule has 0 saturated carbocycles. The molecular weight excluding hydrogens is 348 g/mol. The summed E-state index contributed by atoms with van der Waals surface area (Å²) in [5.41, 5.74) is 3.40. The first-order valence-electron chi connectivity index (χ1n) is 9.17. The van der Waals surface area contributed by atoms with Crippen LogP contribution in [-0.4, -0.2) is 36.2 Å². The van der Waals surface area contributed by atoms with Crippen LogP contribution in [0.3, 0.4) is 0 Å². The molecule has 1 aliphatic heterocycles. The van der Waals surface area contributed by atoms with Gasteiger partial charge in [-0.1, -0.05) is 30.7 Å². The third kappa shape index (κ3) is 4.16. The van der Waals surface area contributed by atoms with Crippen molar-refractivity contribution in [3.05, 3.63) is 46.8 Å². The van der Waals surface area contributed by atoms with Gasteiger partial charge in [0.15, 0.2) is 0 Å². The molecule has 1 aromatic heterocycles. The number of hydrogen-bond acceptors (Lipinski definition) is 4. The van der Waals surface area contributed by atoms with Crippen molar-refractivity contribution in [2.75, 3.05) is 13.1 Å². The minimum atomic E-state index is -3.60. The van der Waals surface area contributed by atoms with E-state index < -0.39 is 10.0 Å². The minimum absolute atomic E-state index is 0.286. The highest BCUT2D eigenvalue weighted by molar-refractivity contribution is 7.89. The van der Waals surface area contributed by atoms with Gasteiger partial charge in [0.1, 0.15) is 4.90 Å². The van der Waals surface area contributed by atoms with Crippen molar-refractivity contribution in [2.24, 2.45) is 7.05 Å². The van der Waals surface area contributed by atoms with E-state index in [1.807, 2.05) is 18.2 Å². The molecular formula is C19H28N4O2S. The van der Waals surface area contributed by atoms with Crippen LogP contribution >= 0.6 is 0 Å². The zero-order valence-electron chi connectivity index (χ0n) is 15.8. The average molecular weight is 377 g/mol. The summed E-state index contributed by atoms with van der Waals surface area (Å²) in [6.45, 7) is 6.91. The summed E-state index contributed by atoms with van der Waals surface area (Å²) in [6.07, 6.45) is 3.80. The fraction of sp³-hybridized carbons (Fsp3) is 0.526. The molecule has 0 aliphatic carbocycles. The van der Waals surface area contributed by atoms with Crippen molar-refractivity contribution in [1.82, 2.24) is 19.4 Å². The number of benzene rings is 1. The van der Waals surface area contributed by atoms with Gasteiger partial charge in [0.05, 0.1) is 11.4 Å². The van der Waals surface area contributed by atoms with Crippen LogP contribution in [0.25, 0.3) is 0 Å². The summed E-state index contributed by atoms with van der Waals surface area (Å²) >= 11 is 0. The first kappa shape index (κ1) is 19.1. The molecule has 0 amide bonds. The van der Waals surface area contributed by atoms with Crippen molar-refractivity contribution in [1.29, 1.82) is 0 Å². The molecule has 0 unspecified atom stereocenters. The van der Waals surface area contributed by atoms with Crippen LogP contribution in [0.4, 0.5) is 0 Å². The van der Waals surface area contributed by atoms with Crippen LogP contribution in [-0.2, 0) is 30.2 Å². The summed E-state index contributed by atoms with van der Waals surface area (Å²) in [7, 11) is -1.84. The molecule has 142 valence electrons. The van der Waals surface area contributed by atoms with E-state index in [1.165, 1.54) is 24.8 Å². The second-order valence-corrected chi connectivity index (χ2v) is 8.76. The third-order valence-electron chi connectivity index (χ3n) is 5.13. The van der Waals surface area contributed by atoms with Gasteiger partial charge in [-0.05, 0) is 50.9 Å². The topological polar surface area (TPSA) is 67.2 Å². The number of rotatable bonds is 6. The van der Waals surface area contributed by atoms with E-state index in [1.54, 1.807) is 25.6 Å². The molecule has 0 spiro atoms. The van der Waals surface area contributed by atoms with Crippen molar-refractivity contribution < 1.29 is 8.42 Å². The second-order valence-electron chi connectivity index (χ2n) is 7.05. The number of piperidine rings is 1. The van der Waals surface area contributed by atoms with Gasteiger partial charge in [-0.3, -0.25) is 9.58 Å². The van der Waals surface area contributed by atoms with Gasteiger partial charge in [0.2, 0.25) is 10.0 Å². The van der Waals surface area contributed by atoms with Crippen molar-refractivity contribution in [2.45, 2.75) is 51.1 Å². The van der Waals surface area contributed by atoms with E-state index in [0.717, 1.165) is 25.2 Å². The molecule has 1 fully saturated rings. The fourth-order valence-electron chi connectivity index (χ4n) is 3.63. The monoisotopic (exact) mass is 376 g/mol. The molecule has 1 aromatic carbocycles. The van der Waals surface area contributed by atoms with Gasteiger partial charge in [-0.25, -0.2) is 13.1 Å². The lowest BCUT2D eigenvalue weighted by Crippen LogP contribution is -2.30. The van der Waals surface area contributed by atoms with Crippen LogP contribution in [0.15, 0.2) is 29.2 Å². The molecule has 0 radical (unpaired) electrons. The van der Waals surface area contributed by atoms with Gasteiger partial charge < -0.3 is 0 Å². The Balaban J connectivity index is 1.75. The molecule has 0 atom stereocenters. The van der Waals surface area contributed by atoms with Crippen LogP contribution in [0.5, 0.6) is 0 Å². The van der Waals surface area contributed by atoms with E-state index in [2.05, 4.69) is 20.8 Å². The van der Waals surface area contributed by atoms with Crippen LogP contribution < -0.4 is 4.72 Å². The summed E-state index contributed by atoms with van der Waals surface area (Å²) in [6, 6.07) is 8.08. The fourth-order valence-corrected chi connectivity index (χ4v) is 5.07. The normalized spacial score (nSPS) is 16.1. The van der Waals surface area contributed by atoms with Gasteiger partial charge in [0, 0.05) is 20.1 Å². The zero-order chi connectivity index (χ0) is 18.7. The maximum absolute atomic E-state index is 12.8. The zero-order valence-corrected chi connectivity index (χ0v) is 16.6. The smallest absolute Gasteiger partial charge is 0.244 e. The Morgan fingerprint density at radius 1 is 1.08 bits per heavy atom. The van der Waals surface area contributed by atoms with Crippen LogP contribution in [0.2, 0.25) is 0 Å². The van der Waals surface area contributed by atoms with Crippen LogP contribution in [0, 0.1) is 13.8 Å². The van der Waals surface area contributed by atoms with E-state index in [9.17, 15) is 8.42 Å². The third-order valence-corrected chi connectivity index (χ3v) is 6.78. The molecule has 1 aliphatic rings. The van der Waals surface area contributed by atoms with Gasteiger partial charge >= 0.3 is 0 Å². The Morgan fingerprint density at radius 3 is 2.35 bits per heavy atom. The Bertz CT molecular complexity index is 868. The average Bonchev–Trinajstić information content (AvgIpc) is 2.88. The lowest BCUT2D eigenvalue weighted by atomic mass is 10.1. The first-order chi connectivity index (χ1) is 12.4. The quantitative estimate of drug-likeness (QED) is 0.841. The predicted octanol–water partition coefficient (Wildman–Crippen LogP) is 2.50. The van der Waals surface area contributed by atoms with Crippen molar-refractivity contribution in [3.8, 4) is 0 Å². The molecule has 2 heterocycles. The van der Waals surface area contributed by atoms with Crippen molar-refractivity contribution in [3.63, 3.8) is 0 Å². The standard InChI is InChI=1S/C19H28N4O2S/c1-15-19(16(2)22(3)21-15)26(24,25)20-13-17-9-5-6-10-18(17)14-23-11-7-4-8-12-23/h5-6,9-10,20H,4,7-8,11-14H2,1-3H3. The van der Waals surface area contributed by atoms with Crippen molar-refractivity contribution >= 4 is 10.0 Å². The highest BCUT2D eigenvalue weighted by Crippen LogP contribution is 2.20. The highest BCUT2D eigenvalue weighted by atomic mass is 32.2. The molecule has 7 heteroatoms. The lowest BCUT2D eigenvalue weighted by Gasteiger charge is -2.27. The maximum atomic E-state index is 12.8. The lowest BCUT2D eigenvalue weighted by molar-refractivity contribution is 0.220. The minimum Gasteiger partial charge on any atom is -0.299 e. The Kier molecular flexibility index (Phi) is 5.79. The number of hydrogen-bond donors (Lipinski definition) is 1. The van der Waals surface area contributed by atoms with Gasteiger partial charge in [0.25, 0.3) is 0 Å². The number of aryl methyl sites for hydroxylation is 2. The number of nitrogens with zero attached hydrogens (tertiary/aromatic N) is 3. The first-order valence-corrected chi connectivity index (χ1v) is 10.7. The summed E-state index contributed by atoms with van der Waals surface area (Å²) < 4.78 is 29.9. The Hall–Kier alpha value is -1.70. The SMILES string of the molecule is Cc1nn(C)c(C)c1S(=O)(=O)NCc1ccccc1CN1CCCCC1. The summed E-state index contributed by atoms with van der Waals surface area (Å²) in [4.78, 5) is 2.74. The molecule has 6 nitrogen and oxygen atoms in total. The number of aromatic nitrogens is 2. The molecule has 26 heavy (non-hydrogen) atoms. The van der Waals surface area contributed by atoms with E-state index in [-0.39, 0.29) is 4.90 Å². The molecule has 1 saturated heterocycles.